The van der Waals surface area contributed by atoms with Crippen LogP contribution < -0.4 is 5.32 Å². The first-order valence-corrected chi connectivity index (χ1v) is 9.83. The van der Waals surface area contributed by atoms with Gasteiger partial charge in [0.15, 0.2) is 0 Å². The van der Waals surface area contributed by atoms with Crippen LogP contribution in [0.3, 0.4) is 0 Å². The zero-order chi connectivity index (χ0) is 19.3. The van der Waals surface area contributed by atoms with Gasteiger partial charge in [-0.1, -0.05) is 12.1 Å². The molecule has 0 bridgehead atoms. The third-order valence-corrected chi connectivity index (χ3v) is 6.32. The summed E-state index contributed by atoms with van der Waals surface area (Å²) in [5, 5.41) is 12.1. The quantitative estimate of drug-likeness (QED) is 0.723. The Balaban J connectivity index is 2.05. The zero-order valence-electron chi connectivity index (χ0n) is 14.8. The number of carboxylic acid groups (broad SMARTS) is 1. The molecule has 0 unspecified atom stereocenters. The van der Waals surface area contributed by atoms with E-state index in [1.54, 1.807) is 7.11 Å². The van der Waals surface area contributed by atoms with Crippen LogP contribution in [0.4, 0.5) is 0 Å². The molecule has 1 aromatic carbocycles. The molecule has 8 nitrogen and oxygen atoms in total. The summed E-state index contributed by atoms with van der Waals surface area (Å²) < 4.78 is 31.8. The lowest BCUT2D eigenvalue weighted by molar-refractivity contribution is -0.127. The second-order valence-corrected chi connectivity index (χ2v) is 8.25. The molecule has 0 aliphatic carbocycles. The van der Waals surface area contributed by atoms with Gasteiger partial charge in [0, 0.05) is 32.2 Å². The van der Waals surface area contributed by atoms with Gasteiger partial charge in [0.05, 0.1) is 17.1 Å². The Morgan fingerprint density at radius 1 is 1.31 bits per heavy atom. The number of sulfonamides is 1. The van der Waals surface area contributed by atoms with E-state index in [0.717, 1.165) is 0 Å². The van der Waals surface area contributed by atoms with Gasteiger partial charge in [0.25, 0.3) is 0 Å². The van der Waals surface area contributed by atoms with Gasteiger partial charge in [-0.25, -0.2) is 13.2 Å². The van der Waals surface area contributed by atoms with Gasteiger partial charge in [-0.3, -0.25) is 4.79 Å². The van der Waals surface area contributed by atoms with Crippen molar-refractivity contribution in [3.05, 3.63) is 29.8 Å². The van der Waals surface area contributed by atoms with Crippen LogP contribution in [0.2, 0.25) is 0 Å². The fourth-order valence-electron chi connectivity index (χ4n) is 3.02. The number of nitrogens with one attached hydrogen (secondary N) is 1. The summed E-state index contributed by atoms with van der Waals surface area (Å²) in [5.74, 6) is -1.67. The van der Waals surface area contributed by atoms with Crippen molar-refractivity contribution in [1.82, 2.24) is 9.62 Å². The van der Waals surface area contributed by atoms with E-state index in [-0.39, 0.29) is 41.4 Å². The van der Waals surface area contributed by atoms with E-state index in [9.17, 15) is 23.1 Å². The Bertz CT molecular complexity index is 756. The molecule has 26 heavy (non-hydrogen) atoms. The Morgan fingerprint density at radius 3 is 2.50 bits per heavy atom. The number of carbonyl (C=O) groups excluding carboxylic acids is 1. The molecular weight excluding hydrogens is 360 g/mol. The molecule has 1 aliphatic heterocycles. The lowest BCUT2D eigenvalue weighted by Crippen LogP contribution is -2.45. The third kappa shape index (κ3) is 4.60. The summed E-state index contributed by atoms with van der Waals surface area (Å²) in [7, 11) is -2.36. The van der Waals surface area contributed by atoms with Crippen LogP contribution in [-0.2, 0) is 19.6 Å². The minimum absolute atomic E-state index is 0.113. The molecule has 1 saturated heterocycles. The molecule has 9 heteroatoms. The van der Waals surface area contributed by atoms with Crippen LogP contribution in [-0.4, -0.2) is 62.6 Å². The van der Waals surface area contributed by atoms with E-state index < -0.39 is 16.0 Å². The molecule has 0 spiro atoms. The third-order valence-electron chi connectivity index (χ3n) is 4.37. The number of carbonyl (C=O) groups is 2. The molecule has 2 N–H and O–H groups in total. The maximum absolute atomic E-state index is 12.8. The smallest absolute Gasteiger partial charge is 0.337 e. The predicted molar refractivity (Wildman–Crippen MR) is 94.4 cm³/mol. The van der Waals surface area contributed by atoms with Crippen molar-refractivity contribution in [2.45, 2.75) is 30.7 Å². The van der Waals surface area contributed by atoms with Crippen LogP contribution >= 0.6 is 0 Å². The van der Waals surface area contributed by atoms with E-state index in [1.807, 2.05) is 6.92 Å². The molecule has 144 valence electrons. The average Bonchev–Trinajstić information content (AvgIpc) is 2.62. The fourth-order valence-corrected chi connectivity index (χ4v) is 4.67. The second kappa shape index (κ2) is 8.61. The summed E-state index contributed by atoms with van der Waals surface area (Å²) in [6.07, 6.45) is 0.778. The van der Waals surface area contributed by atoms with Crippen LogP contribution in [0, 0.1) is 5.92 Å². The first-order chi connectivity index (χ1) is 12.3. The number of methoxy groups -OCH3 is 1. The van der Waals surface area contributed by atoms with Crippen molar-refractivity contribution in [3.63, 3.8) is 0 Å². The Labute approximate surface area is 153 Å². The molecule has 1 atom stereocenters. The van der Waals surface area contributed by atoms with Gasteiger partial charge < -0.3 is 15.2 Å². The highest BCUT2D eigenvalue weighted by Crippen LogP contribution is 2.26. The molecular formula is C17H24N2O6S. The van der Waals surface area contributed by atoms with Crippen molar-refractivity contribution in [2.24, 2.45) is 5.92 Å². The summed E-state index contributed by atoms with van der Waals surface area (Å²) in [6, 6.07) is 5.43. The zero-order valence-corrected chi connectivity index (χ0v) is 15.7. The second-order valence-electron chi connectivity index (χ2n) is 6.34. The van der Waals surface area contributed by atoms with Gasteiger partial charge >= 0.3 is 5.97 Å². The van der Waals surface area contributed by atoms with Crippen molar-refractivity contribution >= 4 is 21.9 Å². The molecule has 1 aliphatic rings. The van der Waals surface area contributed by atoms with Crippen LogP contribution in [0.15, 0.2) is 29.2 Å². The average molecular weight is 384 g/mol. The fraction of sp³-hybridized carbons (Fsp3) is 0.529. The lowest BCUT2D eigenvalue weighted by atomic mass is 9.97. The van der Waals surface area contributed by atoms with Gasteiger partial charge in [0.2, 0.25) is 15.9 Å². The summed E-state index contributed by atoms with van der Waals surface area (Å²) >= 11 is 0. The number of rotatable bonds is 7. The first-order valence-electron chi connectivity index (χ1n) is 8.39. The Hall–Kier alpha value is -1.97. The maximum atomic E-state index is 12.8. The Morgan fingerprint density at radius 2 is 1.92 bits per heavy atom. The monoisotopic (exact) mass is 384 g/mol. The summed E-state index contributed by atoms with van der Waals surface area (Å²) in [6.45, 7) is 2.59. The van der Waals surface area contributed by atoms with E-state index in [0.29, 0.717) is 19.4 Å². The van der Waals surface area contributed by atoms with Gasteiger partial charge in [-0.05, 0) is 31.9 Å². The standard InChI is InChI=1S/C17H24N2O6S/c1-12(11-25-2)18-16(20)13-7-9-19(10-8-13)26(23,24)15-6-4-3-5-14(15)17(21)22/h3-6,12-13H,7-11H2,1-2H3,(H,18,20)(H,21,22)/t12-/m1/s1. The Kier molecular flexibility index (Phi) is 6.74. The van der Waals surface area contributed by atoms with E-state index in [4.69, 9.17) is 4.74 Å². The maximum Gasteiger partial charge on any atom is 0.337 e. The van der Waals surface area contributed by atoms with Crippen LogP contribution in [0.5, 0.6) is 0 Å². The molecule has 1 fully saturated rings. The molecule has 0 saturated carbocycles. The number of benzene rings is 1. The van der Waals surface area contributed by atoms with Crippen molar-refractivity contribution in [2.75, 3.05) is 26.8 Å². The van der Waals surface area contributed by atoms with Gasteiger partial charge in [-0.15, -0.1) is 0 Å². The van der Waals surface area contributed by atoms with E-state index in [1.165, 1.54) is 28.6 Å². The number of hydrogen-bond donors (Lipinski definition) is 2. The number of aromatic carboxylic acids is 1. The highest BCUT2D eigenvalue weighted by molar-refractivity contribution is 7.89. The molecule has 0 aromatic heterocycles. The van der Waals surface area contributed by atoms with E-state index in [2.05, 4.69) is 5.32 Å². The largest absolute Gasteiger partial charge is 0.478 e. The summed E-state index contributed by atoms with van der Waals surface area (Å²) in [5.41, 5.74) is -0.249. The van der Waals surface area contributed by atoms with Crippen molar-refractivity contribution < 1.29 is 27.9 Å². The number of piperidine rings is 1. The predicted octanol–water partition coefficient (Wildman–Crippen LogP) is 0.937. The first kappa shape index (κ1) is 20.3. The molecule has 1 heterocycles. The number of ether oxygens (including phenoxy) is 1. The molecule has 0 radical (unpaired) electrons. The number of hydrogen-bond acceptors (Lipinski definition) is 5. The van der Waals surface area contributed by atoms with Crippen LogP contribution in [0.25, 0.3) is 0 Å². The highest BCUT2D eigenvalue weighted by atomic mass is 32.2. The number of amides is 1. The highest BCUT2D eigenvalue weighted by Gasteiger charge is 2.34. The van der Waals surface area contributed by atoms with Crippen LogP contribution in [0.1, 0.15) is 30.1 Å². The summed E-state index contributed by atoms with van der Waals surface area (Å²) in [4.78, 5) is 23.3. The minimum atomic E-state index is -3.92. The van der Waals surface area contributed by atoms with Gasteiger partial charge in [-0.2, -0.15) is 4.31 Å². The topological polar surface area (TPSA) is 113 Å². The minimum Gasteiger partial charge on any atom is -0.478 e. The normalized spacial score (nSPS) is 17.6. The molecule has 1 aromatic rings. The number of carboxylic acids is 1. The molecule has 1 amide bonds. The molecule has 2 rings (SSSR count). The number of nitrogens with zero attached hydrogens (tertiary/aromatic N) is 1. The van der Waals surface area contributed by atoms with Crippen molar-refractivity contribution in [3.8, 4) is 0 Å². The van der Waals surface area contributed by atoms with Crippen molar-refractivity contribution in [1.29, 1.82) is 0 Å². The SMILES string of the molecule is COC[C@@H](C)NC(=O)C1CCN(S(=O)(=O)c2ccccc2C(=O)O)CC1. The van der Waals surface area contributed by atoms with Gasteiger partial charge in [0.1, 0.15) is 0 Å². The lowest BCUT2D eigenvalue weighted by Gasteiger charge is -2.31. The van der Waals surface area contributed by atoms with E-state index >= 15 is 0 Å².